The lowest BCUT2D eigenvalue weighted by Crippen LogP contribution is -2.53. The van der Waals surface area contributed by atoms with Crippen LogP contribution < -0.4 is 4.90 Å². The van der Waals surface area contributed by atoms with Gasteiger partial charge in [0.2, 0.25) is 0 Å². The number of rotatable bonds is 4. The van der Waals surface area contributed by atoms with Gasteiger partial charge in [0.05, 0.1) is 35.8 Å². The Hall–Kier alpha value is -3.02. The second-order valence-corrected chi connectivity index (χ2v) is 9.87. The van der Waals surface area contributed by atoms with E-state index in [-0.39, 0.29) is 18.1 Å². The van der Waals surface area contributed by atoms with Gasteiger partial charge in [-0.1, -0.05) is 12.1 Å². The topological polar surface area (TPSA) is 94.1 Å². The molecule has 1 atom stereocenters. The number of fused-ring (bicyclic) bond motifs is 1. The standard InChI is InChI=1S/C24H27N7O/c1-29-6-7-30(11-19(29)12-32)21-9-22(27-16-26-21)31-20-8-18(3-2-17(20)10-28-31)24(15-25)13-23(14-24)4-5-23/h2-3,8-10,16,19,32H,4-7,11-14H2,1H3. The van der Waals surface area contributed by atoms with Gasteiger partial charge >= 0.3 is 0 Å². The van der Waals surface area contributed by atoms with Crippen LogP contribution in [0.1, 0.15) is 31.2 Å². The fraction of sp³-hybridized carbons (Fsp3) is 0.500. The molecule has 2 aromatic heterocycles. The molecule has 3 fully saturated rings. The Morgan fingerprint density at radius 1 is 1.16 bits per heavy atom. The molecule has 2 aliphatic carbocycles. The van der Waals surface area contributed by atoms with Crippen molar-refractivity contribution in [3.8, 4) is 11.9 Å². The molecule has 3 heterocycles. The SMILES string of the molecule is CN1CCN(c2cc(-n3ncc4ccc(C5(C#N)CC6(CC6)C5)cc43)ncn2)CC1CO. The van der Waals surface area contributed by atoms with Crippen LogP contribution in [0, 0.1) is 16.7 Å². The highest BCUT2D eigenvalue weighted by molar-refractivity contribution is 5.81. The second kappa shape index (κ2) is 6.99. The monoisotopic (exact) mass is 429 g/mol. The number of nitriles is 1. The van der Waals surface area contributed by atoms with E-state index < -0.39 is 0 Å². The Bertz CT molecular complexity index is 1220. The molecule has 0 radical (unpaired) electrons. The minimum Gasteiger partial charge on any atom is -0.395 e. The first-order valence-corrected chi connectivity index (χ1v) is 11.3. The Labute approximate surface area is 187 Å². The molecule has 1 N–H and O–H groups in total. The van der Waals surface area contributed by atoms with Crippen LogP contribution in [0.3, 0.4) is 0 Å². The number of hydrogen-bond donors (Lipinski definition) is 1. The summed E-state index contributed by atoms with van der Waals surface area (Å²) in [5, 5.41) is 25.3. The molecule has 1 aromatic carbocycles. The molecule has 1 unspecified atom stereocenters. The number of aliphatic hydroxyl groups is 1. The summed E-state index contributed by atoms with van der Waals surface area (Å²) in [6, 6.07) is 11.0. The molecule has 0 bridgehead atoms. The van der Waals surface area contributed by atoms with Crippen LogP contribution in [0.15, 0.2) is 36.8 Å². The highest BCUT2D eigenvalue weighted by Crippen LogP contribution is 2.68. The fourth-order valence-corrected chi connectivity index (χ4v) is 5.58. The maximum atomic E-state index is 9.98. The lowest BCUT2D eigenvalue weighted by molar-refractivity contribution is 0.135. The number of aliphatic hydroxyl groups excluding tert-OH is 1. The van der Waals surface area contributed by atoms with Crippen molar-refractivity contribution in [2.24, 2.45) is 5.41 Å². The van der Waals surface area contributed by atoms with E-state index in [0.717, 1.165) is 54.8 Å². The largest absolute Gasteiger partial charge is 0.395 e. The van der Waals surface area contributed by atoms with E-state index in [1.165, 1.54) is 12.8 Å². The third-order valence-corrected chi connectivity index (χ3v) is 7.82. The maximum Gasteiger partial charge on any atom is 0.159 e. The van der Waals surface area contributed by atoms with Crippen molar-refractivity contribution in [2.75, 3.05) is 38.2 Å². The van der Waals surface area contributed by atoms with Crippen LogP contribution in [0.4, 0.5) is 5.82 Å². The van der Waals surface area contributed by atoms with Gasteiger partial charge < -0.3 is 10.0 Å². The summed E-state index contributed by atoms with van der Waals surface area (Å²) in [7, 11) is 2.04. The summed E-state index contributed by atoms with van der Waals surface area (Å²) in [6.45, 7) is 2.57. The molecule has 8 heteroatoms. The van der Waals surface area contributed by atoms with E-state index in [0.29, 0.717) is 11.2 Å². The number of benzene rings is 1. The van der Waals surface area contributed by atoms with Gasteiger partial charge in [0.15, 0.2) is 5.82 Å². The summed E-state index contributed by atoms with van der Waals surface area (Å²) >= 11 is 0. The summed E-state index contributed by atoms with van der Waals surface area (Å²) < 4.78 is 1.85. The van der Waals surface area contributed by atoms with Gasteiger partial charge in [-0.15, -0.1) is 0 Å². The summed E-state index contributed by atoms with van der Waals surface area (Å²) in [5.74, 6) is 1.55. The molecule has 1 spiro atoms. The number of aromatic nitrogens is 4. The van der Waals surface area contributed by atoms with E-state index in [9.17, 15) is 10.4 Å². The lowest BCUT2D eigenvalue weighted by atomic mass is 9.57. The fourth-order valence-electron chi connectivity index (χ4n) is 5.58. The van der Waals surface area contributed by atoms with Gasteiger partial charge in [0.25, 0.3) is 0 Å². The van der Waals surface area contributed by atoms with Gasteiger partial charge in [0.1, 0.15) is 12.1 Å². The number of hydrogen-bond acceptors (Lipinski definition) is 7. The van der Waals surface area contributed by atoms with Gasteiger partial charge in [-0.3, -0.25) is 4.90 Å². The smallest absolute Gasteiger partial charge is 0.159 e. The quantitative estimate of drug-likeness (QED) is 0.680. The zero-order valence-electron chi connectivity index (χ0n) is 18.3. The summed E-state index contributed by atoms with van der Waals surface area (Å²) in [6.07, 6.45) is 7.91. The molecule has 1 saturated heterocycles. The number of nitrogens with zero attached hydrogens (tertiary/aromatic N) is 7. The van der Waals surface area contributed by atoms with Crippen molar-refractivity contribution in [1.29, 1.82) is 5.26 Å². The molecule has 8 nitrogen and oxygen atoms in total. The highest BCUT2D eigenvalue weighted by Gasteiger charge is 2.61. The third-order valence-electron chi connectivity index (χ3n) is 7.82. The second-order valence-electron chi connectivity index (χ2n) is 9.87. The van der Waals surface area contributed by atoms with Crippen LogP contribution >= 0.6 is 0 Å². The summed E-state index contributed by atoms with van der Waals surface area (Å²) in [5.41, 5.74) is 2.13. The van der Waals surface area contributed by atoms with Crippen molar-refractivity contribution in [2.45, 2.75) is 37.1 Å². The minimum absolute atomic E-state index is 0.0923. The van der Waals surface area contributed by atoms with E-state index in [1.54, 1.807) is 6.33 Å². The molecule has 32 heavy (non-hydrogen) atoms. The molecular formula is C24H27N7O. The first-order valence-electron chi connectivity index (χ1n) is 11.3. The van der Waals surface area contributed by atoms with Crippen LogP contribution in [0.5, 0.6) is 0 Å². The van der Waals surface area contributed by atoms with E-state index in [2.05, 4.69) is 49.1 Å². The molecule has 3 aliphatic rings. The van der Waals surface area contributed by atoms with Crippen molar-refractivity contribution < 1.29 is 5.11 Å². The van der Waals surface area contributed by atoms with Gasteiger partial charge in [-0.25, -0.2) is 14.6 Å². The number of piperazine rings is 1. The predicted octanol–water partition coefficient (Wildman–Crippen LogP) is 2.26. The number of anilines is 1. The molecule has 6 rings (SSSR count). The zero-order chi connectivity index (χ0) is 21.9. The minimum atomic E-state index is -0.365. The molecule has 2 saturated carbocycles. The van der Waals surface area contributed by atoms with Crippen LogP contribution in [0.25, 0.3) is 16.7 Å². The first kappa shape index (κ1) is 19.6. The van der Waals surface area contributed by atoms with Gasteiger partial charge in [-0.05, 0) is 49.8 Å². The average molecular weight is 430 g/mol. The molecular weight excluding hydrogens is 402 g/mol. The average Bonchev–Trinajstić information content (AvgIpc) is 3.48. The Balaban J connectivity index is 1.34. The molecule has 3 aromatic rings. The third kappa shape index (κ3) is 2.99. The van der Waals surface area contributed by atoms with E-state index in [1.807, 2.05) is 24.0 Å². The van der Waals surface area contributed by atoms with Gasteiger partial charge in [-0.2, -0.15) is 10.4 Å². The number of likely N-dealkylation sites (N-methyl/N-ethyl adjacent to an activating group) is 1. The van der Waals surface area contributed by atoms with Crippen molar-refractivity contribution in [3.63, 3.8) is 0 Å². The molecule has 1 aliphatic heterocycles. The van der Waals surface area contributed by atoms with E-state index >= 15 is 0 Å². The van der Waals surface area contributed by atoms with Gasteiger partial charge in [0, 0.05) is 31.1 Å². The predicted molar refractivity (Wildman–Crippen MR) is 121 cm³/mol. The summed E-state index contributed by atoms with van der Waals surface area (Å²) in [4.78, 5) is 13.4. The van der Waals surface area contributed by atoms with Crippen molar-refractivity contribution in [1.82, 2.24) is 24.6 Å². The normalized spacial score (nSPS) is 23.8. The Morgan fingerprint density at radius 3 is 2.72 bits per heavy atom. The highest BCUT2D eigenvalue weighted by atomic mass is 16.3. The molecule has 0 amide bonds. The Kier molecular flexibility index (Phi) is 4.29. The zero-order valence-corrected chi connectivity index (χ0v) is 18.3. The maximum absolute atomic E-state index is 9.98. The van der Waals surface area contributed by atoms with Crippen LogP contribution in [0.2, 0.25) is 0 Å². The van der Waals surface area contributed by atoms with Crippen LogP contribution in [-0.4, -0.2) is 69.1 Å². The van der Waals surface area contributed by atoms with Crippen molar-refractivity contribution in [3.05, 3.63) is 42.4 Å². The Morgan fingerprint density at radius 2 is 1.97 bits per heavy atom. The first-order chi connectivity index (χ1) is 15.5. The molecule has 164 valence electrons. The lowest BCUT2D eigenvalue weighted by Gasteiger charge is -2.44. The van der Waals surface area contributed by atoms with Crippen molar-refractivity contribution >= 4 is 16.7 Å². The van der Waals surface area contributed by atoms with Crippen LogP contribution in [-0.2, 0) is 5.41 Å². The van der Waals surface area contributed by atoms with E-state index in [4.69, 9.17) is 0 Å².